The third kappa shape index (κ3) is 3.71. The Balaban J connectivity index is 1.93. The fraction of sp³-hybridized carbons (Fsp3) is 0.200. The summed E-state index contributed by atoms with van der Waals surface area (Å²) in [5.74, 6) is -1.06. The van der Waals surface area contributed by atoms with Crippen LogP contribution in [-0.2, 0) is 18.4 Å². The van der Waals surface area contributed by atoms with E-state index in [-0.39, 0.29) is 18.9 Å². The van der Waals surface area contributed by atoms with Crippen LogP contribution in [0.4, 0.5) is 0 Å². The van der Waals surface area contributed by atoms with Gasteiger partial charge in [0.1, 0.15) is 0 Å². The number of carbonyl (C=O) groups is 2. The van der Waals surface area contributed by atoms with Gasteiger partial charge in [0.2, 0.25) is 0 Å². The Morgan fingerprint density at radius 1 is 1.04 bits per heavy atom. The maximum absolute atomic E-state index is 13.1. The Labute approximate surface area is 146 Å². The topological polar surface area (TPSA) is 62.5 Å². The van der Waals surface area contributed by atoms with Gasteiger partial charge in [-0.1, -0.05) is 48.5 Å². The molecule has 25 heavy (non-hydrogen) atoms. The lowest BCUT2D eigenvalue weighted by molar-refractivity contribution is -0.137. The Bertz CT molecular complexity index is 900. The van der Waals surface area contributed by atoms with E-state index in [1.807, 2.05) is 72.4 Å². The van der Waals surface area contributed by atoms with Gasteiger partial charge in [0, 0.05) is 37.2 Å². The molecule has 0 saturated heterocycles. The van der Waals surface area contributed by atoms with Gasteiger partial charge >= 0.3 is 5.97 Å². The summed E-state index contributed by atoms with van der Waals surface area (Å²) in [5.41, 5.74) is 2.55. The van der Waals surface area contributed by atoms with E-state index < -0.39 is 5.97 Å². The molecule has 0 aliphatic rings. The van der Waals surface area contributed by atoms with Gasteiger partial charge in [0.15, 0.2) is 0 Å². The van der Waals surface area contributed by atoms with Crippen molar-refractivity contribution in [1.29, 1.82) is 0 Å². The van der Waals surface area contributed by atoms with Crippen LogP contribution in [0.25, 0.3) is 10.9 Å². The van der Waals surface area contributed by atoms with Crippen molar-refractivity contribution in [2.24, 2.45) is 7.05 Å². The molecule has 2 aromatic carbocycles. The maximum atomic E-state index is 13.1. The molecule has 0 spiro atoms. The highest BCUT2D eigenvalue weighted by Gasteiger charge is 2.21. The highest BCUT2D eigenvalue weighted by Crippen LogP contribution is 2.22. The van der Waals surface area contributed by atoms with Gasteiger partial charge in [-0.15, -0.1) is 0 Å². The van der Waals surface area contributed by atoms with Gasteiger partial charge in [-0.2, -0.15) is 0 Å². The van der Waals surface area contributed by atoms with Gasteiger partial charge in [-0.25, -0.2) is 0 Å². The predicted molar refractivity (Wildman–Crippen MR) is 96.4 cm³/mol. The zero-order valence-corrected chi connectivity index (χ0v) is 14.1. The van der Waals surface area contributed by atoms with Gasteiger partial charge in [-0.3, -0.25) is 9.59 Å². The minimum Gasteiger partial charge on any atom is -0.481 e. The molecule has 0 aliphatic carbocycles. The van der Waals surface area contributed by atoms with Crippen LogP contribution in [0.2, 0.25) is 0 Å². The lowest BCUT2D eigenvalue weighted by Crippen LogP contribution is -2.32. The summed E-state index contributed by atoms with van der Waals surface area (Å²) in [6, 6.07) is 17.3. The number of hydrogen-bond acceptors (Lipinski definition) is 2. The number of carbonyl (C=O) groups excluding carboxylic acids is 1. The molecule has 3 aromatic rings. The molecule has 5 heteroatoms. The number of fused-ring (bicyclic) bond motifs is 1. The Morgan fingerprint density at radius 3 is 2.44 bits per heavy atom. The first-order valence-corrected chi connectivity index (χ1v) is 8.15. The second-order valence-electron chi connectivity index (χ2n) is 6.03. The third-order valence-electron chi connectivity index (χ3n) is 4.23. The van der Waals surface area contributed by atoms with Crippen LogP contribution in [0.15, 0.2) is 60.8 Å². The SMILES string of the molecule is Cn1cc(C(=O)N(CCC(=O)O)Cc2ccccc2)c2ccccc21. The lowest BCUT2D eigenvalue weighted by Gasteiger charge is -2.22. The zero-order chi connectivity index (χ0) is 17.8. The monoisotopic (exact) mass is 336 g/mol. The molecule has 0 unspecified atom stereocenters. The van der Waals surface area contributed by atoms with Crippen molar-refractivity contribution in [2.75, 3.05) is 6.54 Å². The van der Waals surface area contributed by atoms with Crippen LogP contribution in [0.1, 0.15) is 22.3 Å². The third-order valence-corrected chi connectivity index (χ3v) is 4.23. The summed E-state index contributed by atoms with van der Waals surface area (Å²) in [7, 11) is 1.90. The summed E-state index contributed by atoms with van der Waals surface area (Å²) >= 11 is 0. The van der Waals surface area contributed by atoms with Crippen LogP contribution >= 0.6 is 0 Å². The van der Waals surface area contributed by atoms with Gasteiger partial charge in [0.25, 0.3) is 5.91 Å². The number of aromatic nitrogens is 1. The van der Waals surface area contributed by atoms with Crippen LogP contribution in [0.5, 0.6) is 0 Å². The zero-order valence-electron chi connectivity index (χ0n) is 14.1. The largest absolute Gasteiger partial charge is 0.481 e. The summed E-state index contributed by atoms with van der Waals surface area (Å²) in [5, 5.41) is 9.89. The lowest BCUT2D eigenvalue weighted by atomic mass is 10.1. The van der Waals surface area contributed by atoms with E-state index in [1.165, 1.54) is 0 Å². The number of rotatable bonds is 6. The molecule has 0 atom stereocenters. The molecule has 3 rings (SSSR count). The summed E-state index contributed by atoms with van der Waals surface area (Å²) in [6.07, 6.45) is 1.73. The average Bonchev–Trinajstić information content (AvgIpc) is 2.96. The molecule has 0 bridgehead atoms. The van der Waals surface area contributed by atoms with Crippen LogP contribution in [-0.4, -0.2) is 33.0 Å². The van der Waals surface area contributed by atoms with E-state index in [4.69, 9.17) is 5.11 Å². The average molecular weight is 336 g/mol. The van der Waals surface area contributed by atoms with Gasteiger partial charge in [-0.05, 0) is 11.6 Å². The molecule has 1 amide bonds. The van der Waals surface area contributed by atoms with Gasteiger partial charge in [0.05, 0.1) is 12.0 Å². The molecular formula is C20H20N2O3. The standard InChI is InChI=1S/C20H20N2O3/c1-21-14-17(16-9-5-6-10-18(16)21)20(25)22(12-11-19(23)24)13-15-7-3-2-4-8-15/h2-10,14H,11-13H2,1H3,(H,23,24). The number of carboxylic acids is 1. The normalized spacial score (nSPS) is 10.8. The summed E-state index contributed by atoms with van der Waals surface area (Å²) in [4.78, 5) is 25.7. The van der Waals surface area contributed by atoms with Crippen LogP contribution in [0.3, 0.4) is 0 Å². The Hall–Kier alpha value is -3.08. The molecule has 0 aliphatic heterocycles. The van der Waals surface area contributed by atoms with Crippen LogP contribution in [0, 0.1) is 0 Å². The molecule has 0 fully saturated rings. The first kappa shape index (κ1) is 16.8. The number of carboxylic acid groups (broad SMARTS) is 1. The first-order valence-electron chi connectivity index (χ1n) is 8.15. The maximum Gasteiger partial charge on any atom is 0.305 e. The van der Waals surface area contributed by atoms with E-state index in [2.05, 4.69) is 0 Å². The van der Waals surface area contributed by atoms with E-state index in [9.17, 15) is 9.59 Å². The van der Waals surface area contributed by atoms with Crippen molar-refractivity contribution in [1.82, 2.24) is 9.47 Å². The minimum absolute atomic E-state index is 0.0800. The van der Waals surface area contributed by atoms with E-state index in [0.717, 1.165) is 16.5 Å². The smallest absolute Gasteiger partial charge is 0.305 e. The highest BCUT2D eigenvalue weighted by atomic mass is 16.4. The second kappa shape index (κ2) is 7.21. The molecule has 1 heterocycles. The quantitative estimate of drug-likeness (QED) is 0.751. The van der Waals surface area contributed by atoms with Crippen molar-refractivity contribution in [3.05, 3.63) is 71.9 Å². The molecule has 128 valence electrons. The van der Waals surface area contributed by atoms with Crippen molar-refractivity contribution in [2.45, 2.75) is 13.0 Å². The summed E-state index contributed by atoms with van der Waals surface area (Å²) < 4.78 is 1.92. The molecular weight excluding hydrogens is 316 g/mol. The minimum atomic E-state index is -0.913. The summed E-state index contributed by atoms with van der Waals surface area (Å²) in [6.45, 7) is 0.558. The van der Waals surface area contributed by atoms with Crippen LogP contribution < -0.4 is 0 Å². The fourth-order valence-electron chi connectivity index (χ4n) is 2.97. The highest BCUT2D eigenvalue weighted by molar-refractivity contribution is 6.07. The molecule has 1 N–H and O–H groups in total. The molecule has 5 nitrogen and oxygen atoms in total. The number of aliphatic carboxylic acids is 1. The van der Waals surface area contributed by atoms with Crippen molar-refractivity contribution < 1.29 is 14.7 Å². The fourth-order valence-corrected chi connectivity index (χ4v) is 2.97. The number of amides is 1. The predicted octanol–water partition coefficient (Wildman–Crippen LogP) is 3.30. The van der Waals surface area contributed by atoms with Crippen molar-refractivity contribution in [3.8, 4) is 0 Å². The molecule has 0 radical (unpaired) electrons. The number of nitrogens with zero attached hydrogens (tertiary/aromatic N) is 2. The van der Waals surface area contributed by atoms with Gasteiger partial charge < -0.3 is 14.6 Å². The van der Waals surface area contributed by atoms with Crippen molar-refractivity contribution in [3.63, 3.8) is 0 Å². The number of aryl methyl sites for hydroxylation is 1. The van der Waals surface area contributed by atoms with E-state index >= 15 is 0 Å². The second-order valence-corrected chi connectivity index (χ2v) is 6.03. The Kier molecular flexibility index (Phi) is 4.84. The molecule has 1 aromatic heterocycles. The molecule has 0 saturated carbocycles. The number of para-hydroxylation sites is 1. The van der Waals surface area contributed by atoms with Crippen molar-refractivity contribution >= 4 is 22.8 Å². The first-order chi connectivity index (χ1) is 12.1. The Morgan fingerprint density at radius 2 is 1.72 bits per heavy atom. The number of benzene rings is 2. The number of hydrogen-bond donors (Lipinski definition) is 1. The van der Waals surface area contributed by atoms with E-state index in [1.54, 1.807) is 4.90 Å². The van der Waals surface area contributed by atoms with E-state index in [0.29, 0.717) is 12.1 Å².